The zero-order valence-corrected chi connectivity index (χ0v) is 18.9. The van der Waals surface area contributed by atoms with Crippen LogP contribution in [-0.2, 0) is 6.54 Å². The Balaban J connectivity index is 0.00000132. The van der Waals surface area contributed by atoms with Crippen molar-refractivity contribution in [2.24, 2.45) is 0 Å². The summed E-state index contributed by atoms with van der Waals surface area (Å²) >= 11 is 0. The Labute approximate surface area is 185 Å². The number of nitrogens with zero attached hydrogens (tertiary/aromatic N) is 3. The molecule has 31 heavy (non-hydrogen) atoms. The van der Waals surface area contributed by atoms with Crippen molar-refractivity contribution in [2.75, 3.05) is 24.2 Å². The Morgan fingerprint density at radius 3 is 2.81 bits per heavy atom. The third kappa shape index (κ3) is 5.11. The third-order valence-electron chi connectivity index (χ3n) is 5.53. The summed E-state index contributed by atoms with van der Waals surface area (Å²) < 4.78 is 4.03. The minimum absolute atomic E-state index is 0.459. The number of hydrogen-bond donors (Lipinski definition) is 4. The molecule has 0 spiro atoms. The average molecular weight is 422 g/mol. The SMILES string of the molecule is C=C/C=C\c1c(CNn2c(N)ccc2-c2cnn(C3CCNCC3)c2)c[nH]c1C.CC. The van der Waals surface area contributed by atoms with Gasteiger partial charge < -0.3 is 21.5 Å². The summed E-state index contributed by atoms with van der Waals surface area (Å²) in [6.45, 7) is 12.6. The van der Waals surface area contributed by atoms with Crippen LogP contribution in [0.5, 0.6) is 0 Å². The van der Waals surface area contributed by atoms with Crippen LogP contribution in [0.3, 0.4) is 0 Å². The van der Waals surface area contributed by atoms with Crippen LogP contribution in [0.25, 0.3) is 17.3 Å². The summed E-state index contributed by atoms with van der Waals surface area (Å²) in [6.07, 6.45) is 14.1. The molecule has 7 nitrogen and oxygen atoms in total. The number of aromatic amines is 1. The Kier molecular flexibility index (Phi) is 7.78. The first-order valence-electron chi connectivity index (χ1n) is 11.1. The van der Waals surface area contributed by atoms with Crippen molar-refractivity contribution in [3.05, 3.63) is 66.3 Å². The molecule has 4 heterocycles. The molecular formula is C24H35N7. The lowest BCUT2D eigenvalue weighted by Crippen LogP contribution is -2.29. The molecule has 0 aliphatic carbocycles. The standard InChI is InChI=1S/C22H29N7.C2H6/c1-3-4-5-20-16(2)25-12-17(20)13-27-29-21(6-7-22(29)23)18-14-26-28(15-18)19-8-10-24-11-9-19;1-2/h3-7,12,14-15,19,24-25,27H,1,8-11,13,23H2,2H3;1-2H3/b5-4-;. The maximum Gasteiger partial charge on any atom is 0.123 e. The molecule has 0 radical (unpaired) electrons. The monoisotopic (exact) mass is 421 g/mol. The summed E-state index contributed by atoms with van der Waals surface area (Å²) in [5, 5.41) is 8.02. The van der Waals surface area contributed by atoms with Crippen molar-refractivity contribution in [1.82, 2.24) is 24.8 Å². The van der Waals surface area contributed by atoms with E-state index in [4.69, 9.17) is 5.73 Å². The molecule has 5 N–H and O–H groups in total. The first-order chi connectivity index (χ1) is 15.2. The number of nitrogen functional groups attached to an aromatic ring is 1. The van der Waals surface area contributed by atoms with Crippen molar-refractivity contribution in [3.8, 4) is 11.3 Å². The van der Waals surface area contributed by atoms with Gasteiger partial charge in [-0.3, -0.25) is 4.68 Å². The maximum absolute atomic E-state index is 6.25. The number of aromatic nitrogens is 4. The largest absolute Gasteiger partial charge is 0.384 e. The number of aryl methyl sites for hydroxylation is 1. The zero-order valence-electron chi connectivity index (χ0n) is 18.9. The second-order valence-electron chi connectivity index (χ2n) is 7.45. The van der Waals surface area contributed by atoms with Crippen molar-refractivity contribution in [1.29, 1.82) is 0 Å². The van der Waals surface area contributed by atoms with Gasteiger partial charge in [-0.15, -0.1) is 0 Å². The summed E-state index contributed by atoms with van der Waals surface area (Å²) in [6, 6.07) is 4.42. The van der Waals surface area contributed by atoms with Crippen molar-refractivity contribution >= 4 is 11.9 Å². The Bertz CT molecular complexity index is 999. The van der Waals surface area contributed by atoms with Gasteiger partial charge in [0.05, 0.1) is 24.5 Å². The second kappa shape index (κ2) is 10.7. The number of H-pyrrole nitrogens is 1. The first-order valence-corrected chi connectivity index (χ1v) is 11.1. The van der Waals surface area contributed by atoms with Crippen molar-refractivity contribution < 1.29 is 0 Å². The number of anilines is 1. The molecule has 166 valence electrons. The molecule has 0 atom stereocenters. The van der Waals surface area contributed by atoms with Gasteiger partial charge in [0.15, 0.2) is 0 Å². The predicted molar refractivity (Wildman–Crippen MR) is 130 cm³/mol. The van der Waals surface area contributed by atoms with E-state index in [1.54, 1.807) is 6.08 Å². The molecule has 0 unspecified atom stereocenters. The number of allylic oxidation sites excluding steroid dienone is 2. The highest BCUT2D eigenvalue weighted by atomic mass is 15.4. The summed E-state index contributed by atoms with van der Waals surface area (Å²) in [5.74, 6) is 0.671. The van der Waals surface area contributed by atoms with Crippen LogP contribution in [0, 0.1) is 6.92 Å². The number of piperidine rings is 1. The molecule has 7 heteroatoms. The van der Waals surface area contributed by atoms with Crippen LogP contribution in [-0.4, -0.2) is 32.5 Å². The Hall–Kier alpha value is -3.19. The van der Waals surface area contributed by atoms with E-state index in [1.807, 2.05) is 49.1 Å². The number of hydrogen-bond acceptors (Lipinski definition) is 4. The fourth-order valence-corrected chi connectivity index (χ4v) is 3.89. The van der Waals surface area contributed by atoms with Gasteiger partial charge in [-0.2, -0.15) is 5.10 Å². The van der Waals surface area contributed by atoms with Gasteiger partial charge in [0.2, 0.25) is 0 Å². The molecule has 0 bridgehead atoms. The van der Waals surface area contributed by atoms with Crippen LogP contribution in [0.1, 0.15) is 49.6 Å². The fraction of sp³-hybridized carbons (Fsp3) is 0.375. The molecule has 1 aliphatic rings. The summed E-state index contributed by atoms with van der Waals surface area (Å²) in [7, 11) is 0. The van der Waals surface area contributed by atoms with E-state index in [0.717, 1.165) is 42.9 Å². The number of nitrogens with one attached hydrogen (secondary N) is 3. The molecule has 1 saturated heterocycles. The molecule has 0 saturated carbocycles. The third-order valence-corrected chi connectivity index (χ3v) is 5.53. The minimum Gasteiger partial charge on any atom is -0.384 e. The van der Waals surface area contributed by atoms with Gasteiger partial charge in [0.25, 0.3) is 0 Å². The highest BCUT2D eigenvalue weighted by molar-refractivity contribution is 5.63. The minimum atomic E-state index is 0.459. The summed E-state index contributed by atoms with van der Waals surface area (Å²) in [5.41, 5.74) is 15.2. The van der Waals surface area contributed by atoms with Gasteiger partial charge in [0.1, 0.15) is 5.82 Å². The lowest BCUT2D eigenvalue weighted by Gasteiger charge is -2.22. The highest BCUT2D eigenvalue weighted by Gasteiger charge is 2.17. The van der Waals surface area contributed by atoms with Crippen molar-refractivity contribution in [3.63, 3.8) is 0 Å². The van der Waals surface area contributed by atoms with Crippen LogP contribution in [0.2, 0.25) is 0 Å². The molecule has 0 amide bonds. The Morgan fingerprint density at radius 2 is 2.06 bits per heavy atom. The molecule has 3 aromatic rings. The van der Waals surface area contributed by atoms with Crippen LogP contribution in [0.15, 0.2) is 49.5 Å². The van der Waals surface area contributed by atoms with Crippen LogP contribution < -0.4 is 16.5 Å². The second-order valence-corrected chi connectivity index (χ2v) is 7.45. The van der Waals surface area contributed by atoms with E-state index in [2.05, 4.69) is 51.3 Å². The normalized spacial score (nSPS) is 14.4. The van der Waals surface area contributed by atoms with Crippen LogP contribution >= 0.6 is 0 Å². The van der Waals surface area contributed by atoms with Gasteiger partial charge >= 0.3 is 0 Å². The van der Waals surface area contributed by atoms with Gasteiger partial charge in [-0.1, -0.05) is 38.7 Å². The van der Waals surface area contributed by atoms with E-state index in [-0.39, 0.29) is 0 Å². The number of rotatable bonds is 7. The zero-order chi connectivity index (χ0) is 22.2. The van der Waals surface area contributed by atoms with E-state index in [9.17, 15) is 0 Å². The van der Waals surface area contributed by atoms with Gasteiger partial charge in [-0.25, -0.2) is 4.68 Å². The number of nitrogens with two attached hydrogens (primary N) is 1. The summed E-state index contributed by atoms with van der Waals surface area (Å²) in [4.78, 5) is 3.29. The molecule has 0 aromatic carbocycles. The lowest BCUT2D eigenvalue weighted by atomic mass is 10.1. The quantitative estimate of drug-likeness (QED) is 0.424. The first kappa shape index (κ1) is 22.5. The maximum atomic E-state index is 6.25. The van der Waals surface area contributed by atoms with Gasteiger partial charge in [0, 0.05) is 23.7 Å². The van der Waals surface area contributed by atoms with E-state index in [1.165, 1.54) is 11.1 Å². The topological polar surface area (TPSA) is 88.6 Å². The molecule has 1 fully saturated rings. The van der Waals surface area contributed by atoms with Gasteiger partial charge in [-0.05, 0) is 56.1 Å². The average Bonchev–Trinajstić information content (AvgIpc) is 3.52. The predicted octanol–water partition coefficient (Wildman–Crippen LogP) is 4.46. The van der Waals surface area contributed by atoms with Crippen LogP contribution in [0.4, 0.5) is 5.82 Å². The molecule has 4 rings (SSSR count). The molecule has 3 aromatic heterocycles. The lowest BCUT2D eigenvalue weighted by molar-refractivity contribution is 0.343. The smallest absolute Gasteiger partial charge is 0.123 e. The van der Waals surface area contributed by atoms with Crippen molar-refractivity contribution in [2.45, 2.75) is 46.2 Å². The Morgan fingerprint density at radius 1 is 1.29 bits per heavy atom. The molecule has 1 aliphatic heterocycles. The highest BCUT2D eigenvalue weighted by Crippen LogP contribution is 2.26. The van der Waals surface area contributed by atoms with E-state index >= 15 is 0 Å². The molecular weight excluding hydrogens is 386 g/mol. The fourth-order valence-electron chi connectivity index (χ4n) is 3.89. The van der Waals surface area contributed by atoms with E-state index < -0.39 is 0 Å². The van der Waals surface area contributed by atoms with E-state index in [0.29, 0.717) is 18.4 Å².